The number of carbonyl (C=O) groups excluding carboxylic acids is 1. The number of nitrogen functional groups attached to an aromatic ring is 1. The molecule has 0 aliphatic heterocycles. The standard InChI is InChI=1S/C10H10ClNO2/c1-3-6-4-7(10(13)14-2)9(11)8(12)5-6/h3-5H,1,12H2,2H3. The zero-order valence-corrected chi connectivity index (χ0v) is 8.47. The van der Waals surface area contributed by atoms with Crippen LogP contribution in [0.15, 0.2) is 18.7 Å². The van der Waals surface area contributed by atoms with Crippen molar-refractivity contribution in [1.29, 1.82) is 0 Å². The topological polar surface area (TPSA) is 52.3 Å². The van der Waals surface area contributed by atoms with Crippen molar-refractivity contribution in [3.05, 3.63) is 34.9 Å². The second-order valence-electron chi connectivity index (χ2n) is 2.67. The first kappa shape index (κ1) is 10.6. The first-order chi connectivity index (χ1) is 6.60. The molecule has 0 bridgehead atoms. The number of rotatable bonds is 2. The summed E-state index contributed by atoms with van der Waals surface area (Å²) < 4.78 is 4.56. The minimum absolute atomic E-state index is 0.211. The van der Waals surface area contributed by atoms with Crippen LogP contribution < -0.4 is 5.73 Å². The molecule has 74 valence electrons. The Bertz CT molecular complexity index is 388. The van der Waals surface area contributed by atoms with E-state index in [0.717, 1.165) is 5.56 Å². The van der Waals surface area contributed by atoms with Crippen LogP contribution in [0.3, 0.4) is 0 Å². The number of hydrogen-bond acceptors (Lipinski definition) is 3. The Labute approximate surface area is 87.1 Å². The second kappa shape index (κ2) is 4.15. The molecule has 4 heteroatoms. The third-order valence-electron chi connectivity index (χ3n) is 1.76. The lowest BCUT2D eigenvalue weighted by molar-refractivity contribution is 0.0601. The molecule has 0 atom stereocenters. The lowest BCUT2D eigenvalue weighted by Crippen LogP contribution is -2.04. The summed E-state index contributed by atoms with van der Waals surface area (Å²) in [6.45, 7) is 3.58. The number of benzene rings is 1. The quantitative estimate of drug-likeness (QED) is 0.604. The average Bonchev–Trinajstić information content (AvgIpc) is 2.20. The summed E-state index contributed by atoms with van der Waals surface area (Å²) in [5.74, 6) is -0.509. The Morgan fingerprint density at radius 3 is 2.79 bits per heavy atom. The average molecular weight is 212 g/mol. The maximum Gasteiger partial charge on any atom is 0.339 e. The van der Waals surface area contributed by atoms with Gasteiger partial charge in [0.1, 0.15) is 0 Å². The van der Waals surface area contributed by atoms with Crippen LogP contribution in [0.1, 0.15) is 15.9 Å². The van der Waals surface area contributed by atoms with Gasteiger partial charge in [-0.2, -0.15) is 0 Å². The number of carbonyl (C=O) groups is 1. The first-order valence-electron chi connectivity index (χ1n) is 3.90. The normalized spacial score (nSPS) is 9.57. The lowest BCUT2D eigenvalue weighted by atomic mass is 10.1. The number of halogens is 1. The van der Waals surface area contributed by atoms with E-state index in [0.29, 0.717) is 5.69 Å². The molecule has 0 saturated carbocycles. The molecule has 0 spiro atoms. The van der Waals surface area contributed by atoms with Crippen LogP contribution in [0.25, 0.3) is 6.08 Å². The van der Waals surface area contributed by atoms with E-state index < -0.39 is 5.97 Å². The van der Waals surface area contributed by atoms with Crippen molar-refractivity contribution < 1.29 is 9.53 Å². The third-order valence-corrected chi connectivity index (χ3v) is 2.19. The van der Waals surface area contributed by atoms with E-state index in [-0.39, 0.29) is 10.6 Å². The second-order valence-corrected chi connectivity index (χ2v) is 3.05. The van der Waals surface area contributed by atoms with Crippen molar-refractivity contribution in [2.75, 3.05) is 12.8 Å². The van der Waals surface area contributed by atoms with Gasteiger partial charge < -0.3 is 10.5 Å². The third kappa shape index (κ3) is 1.88. The summed E-state index contributed by atoms with van der Waals surface area (Å²) in [7, 11) is 1.29. The Kier molecular flexibility index (Phi) is 3.14. The molecule has 14 heavy (non-hydrogen) atoms. The van der Waals surface area contributed by atoms with Crippen LogP contribution in [0.5, 0.6) is 0 Å². The number of nitrogens with two attached hydrogens (primary N) is 1. The van der Waals surface area contributed by atoms with Crippen molar-refractivity contribution in [1.82, 2.24) is 0 Å². The van der Waals surface area contributed by atoms with Gasteiger partial charge >= 0.3 is 5.97 Å². The fraction of sp³-hybridized carbons (Fsp3) is 0.100. The predicted molar refractivity (Wildman–Crippen MR) is 57.3 cm³/mol. The highest BCUT2D eigenvalue weighted by Crippen LogP contribution is 2.26. The molecule has 2 N–H and O–H groups in total. The molecule has 0 aliphatic carbocycles. The van der Waals surface area contributed by atoms with Gasteiger partial charge in [0, 0.05) is 0 Å². The number of anilines is 1. The summed E-state index contributed by atoms with van der Waals surface area (Å²) >= 11 is 5.84. The van der Waals surface area contributed by atoms with Crippen LogP contribution in [0.4, 0.5) is 5.69 Å². The molecular weight excluding hydrogens is 202 g/mol. The van der Waals surface area contributed by atoms with Crippen LogP contribution in [0, 0.1) is 0 Å². The maximum absolute atomic E-state index is 11.3. The minimum Gasteiger partial charge on any atom is -0.465 e. The number of esters is 1. The first-order valence-corrected chi connectivity index (χ1v) is 4.27. The summed E-state index contributed by atoms with van der Waals surface area (Å²) in [5.41, 5.74) is 6.92. The Hall–Kier alpha value is -1.48. The maximum atomic E-state index is 11.3. The van der Waals surface area contributed by atoms with Gasteiger partial charge in [0.15, 0.2) is 0 Å². The van der Waals surface area contributed by atoms with E-state index in [4.69, 9.17) is 17.3 Å². The van der Waals surface area contributed by atoms with E-state index in [9.17, 15) is 4.79 Å². The fourth-order valence-corrected chi connectivity index (χ4v) is 1.23. The molecule has 0 unspecified atom stereocenters. The van der Waals surface area contributed by atoms with Crippen molar-refractivity contribution in [2.45, 2.75) is 0 Å². The van der Waals surface area contributed by atoms with E-state index in [1.807, 2.05) is 0 Å². The molecule has 1 rings (SSSR count). The highest BCUT2D eigenvalue weighted by atomic mass is 35.5. The highest BCUT2D eigenvalue weighted by Gasteiger charge is 2.13. The van der Waals surface area contributed by atoms with E-state index in [1.54, 1.807) is 18.2 Å². The van der Waals surface area contributed by atoms with Crippen LogP contribution in [0.2, 0.25) is 5.02 Å². The van der Waals surface area contributed by atoms with Crippen LogP contribution in [-0.2, 0) is 4.74 Å². The number of ether oxygens (including phenoxy) is 1. The summed E-state index contributed by atoms with van der Waals surface area (Å²) in [5, 5.41) is 0.211. The van der Waals surface area contributed by atoms with Gasteiger partial charge in [0.05, 0.1) is 23.4 Å². The molecule has 0 amide bonds. The SMILES string of the molecule is C=Cc1cc(N)c(Cl)c(C(=O)OC)c1. The number of hydrogen-bond donors (Lipinski definition) is 1. The Morgan fingerprint density at radius 2 is 2.29 bits per heavy atom. The van der Waals surface area contributed by atoms with E-state index in [1.165, 1.54) is 7.11 Å². The summed E-state index contributed by atoms with van der Waals surface area (Å²) in [4.78, 5) is 11.3. The molecule has 1 aromatic carbocycles. The minimum atomic E-state index is -0.509. The van der Waals surface area contributed by atoms with E-state index in [2.05, 4.69) is 11.3 Å². The van der Waals surface area contributed by atoms with Gasteiger partial charge in [-0.15, -0.1) is 0 Å². The van der Waals surface area contributed by atoms with Gasteiger partial charge in [-0.05, 0) is 17.7 Å². The Morgan fingerprint density at radius 1 is 1.64 bits per heavy atom. The van der Waals surface area contributed by atoms with Crippen LogP contribution >= 0.6 is 11.6 Å². The van der Waals surface area contributed by atoms with Crippen LogP contribution in [-0.4, -0.2) is 13.1 Å². The lowest BCUT2D eigenvalue weighted by Gasteiger charge is -2.06. The van der Waals surface area contributed by atoms with Gasteiger partial charge in [0.2, 0.25) is 0 Å². The Balaban J connectivity index is 3.33. The van der Waals surface area contributed by atoms with Crippen molar-refractivity contribution in [2.24, 2.45) is 0 Å². The zero-order chi connectivity index (χ0) is 10.7. The van der Waals surface area contributed by atoms with Gasteiger partial charge in [0.25, 0.3) is 0 Å². The highest BCUT2D eigenvalue weighted by molar-refractivity contribution is 6.36. The number of methoxy groups -OCH3 is 1. The van der Waals surface area contributed by atoms with Gasteiger partial charge in [-0.3, -0.25) is 0 Å². The molecular formula is C10H10ClNO2. The molecule has 0 radical (unpaired) electrons. The molecule has 0 aliphatic rings. The predicted octanol–water partition coefficient (Wildman–Crippen LogP) is 2.35. The van der Waals surface area contributed by atoms with E-state index >= 15 is 0 Å². The molecule has 3 nitrogen and oxygen atoms in total. The van der Waals surface area contributed by atoms with Crippen molar-refractivity contribution in [3.8, 4) is 0 Å². The zero-order valence-electron chi connectivity index (χ0n) is 7.71. The molecule has 0 saturated heterocycles. The molecule has 0 heterocycles. The smallest absolute Gasteiger partial charge is 0.339 e. The molecule has 0 fully saturated rings. The van der Waals surface area contributed by atoms with Gasteiger partial charge in [-0.25, -0.2) is 4.79 Å². The fourth-order valence-electron chi connectivity index (χ4n) is 1.05. The molecule has 0 aromatic heterocycles. The molecule has 1 aromatic rings. The summed E-state index contributed by atoms with van der Waals surface area (Å²) in [6, 6.07) is 3.22. The van der Waals surface area contributed by atoms with Crippen molar-refractivity contribution in [3.63, 3.8) is 0 Å². The largest absolute Gasteiger partial charge is 0.465 e. The summed E-state index contributed by atoms with van der Waals surface area (Å²) in [6.07, 6.45) is 1.58. The van der Waals surface area contributed by atoms with Crippen molar-refractivity contribution >= 4 is 29.3 Å². The monoisotopic (exact) mass is 211 g/mol. The van der Waals surface area contributed by atoms with Gasteiger partial charge in [-0.1, -0.05) is 24.3 Å².